The van der Waals surface area contributed by atoms with E-state index in [2.05, 4.69) is 11.9 Å². The van der Waals surface area contributed by atoms with E-state index in [1.54, 1.807) is 60.5 Å². The first-order valence-electron chi connectivity index (χ1n) is 11.7. The highest BCUT2D eigenvalue weighted by Gasteiger charge is 2.35. The molecule has 10 nitrogen and oxygen atoms in total. The van der Waals surface area contributed by atoms with E-state index in [-0.39, 0.29) is 31.9 Å². The molecule has 1 heterocycles. The number of hydrogen-bond donors (Lipinski definition) is 0. The van der Waals surface area contributed by atoms with Crippen molar-refractivity contribution in [1.29, 1.82) is 0 Å². The number of carbonyl (C=O) groups is 3. The molecule has 1 aliphatic heterocycles. The van der Waals surface area contributed by atoms with Gasteiger partial charge < -0.3 is 24.2 Å². The molecule has 0 aliphatic carbocycles. The van der Waals surface area contributed by atoms with Crippen LogP contribution in [0, 0.1) is 0 Å². The van der Waals surface area contributed by atoms with Crippen molar-refractivity contribution in [1.82, 2.24) is 19.6 Å². The number of carbonyl (C=O) groups excluding carboxylic acids is 3. The van der Waals surface area contributed by atoms with Crippen LogP contribution in [0.2, 0.25) is 0 Å². The Labute approximate surface area is 208 Å². The Bertz CT molecular complexity index is 950. The molecule has 0 N–H and O–H groups in total. The highest BCUT2D eigenvalue weighted by Crippen LogP contribution is 2.19. The van der Waals surface area contributed by atoms with Crippen molar-refractivity contribution in [3.05, 3.63) is 35.4 Å². The van der Waals surface area contributed by atoms with E-state index < -0.39 is 23.4 Å². The molecule has 35 heavy (non-hydrogen) atoms. The smallest absolute Gasteiger partial charge is 0.437 e. The molecule has 0 unspecified atom stereocenters. The van der Waals surface area contributed by atoms with Crippen LogP contribution in [0.3, 0.4) is 0 Å². The van der Waals surface area contributed by atoms with E-state index in [9.17, 15) is 14.4 Å². The molecule has 0 aromatic heterocycles. The molecule has 4 amide bonds. The zero-order valence-electron chi connectivity index (χ0n) is 22.4. The van der Waals surface area contributed by atoms with Crippen LogP contribution in [-0.2, 0) is 22.4 Å². The number of benzene rings is 1. The van der Waals surface area contributed by atoms with Gasteiger partial charge in [-0.25, -0.2) is 19.3 Å². The molecule has 1 aromatic rings. The fourth-order valence-corrected chi connectivity index (χ4v) is 3.43. The maximum atomic E-state index is 13.4. The first kappa shape index (κ1) is 27.9. The zero-order chi connectivity index (χ0) is 26.6. The predicted octanol–water partition coefficient (Wildman–Crippen LogP) is 4.49. The van der Waals surface area contributed by atoms with Crippen LogP contribution in [0.4, 0.5) is 14.4 Å². The fraction of sp³-hybridized carbons (Fsp3) is 0.600. The van der Waals surface area contributed by atoms with Gasteiger partial charge in [0.25, 0.3) is 0 Å². The number of nitrogens with zero attached hydrogens (tertiary/aromatic N) is 5. The summed E-state index contributed by atoms with van der Waals surface area (Å²) in [5.41, 5.74) is 0.411. The number of aliphatic imine (C=N–C) groups is 1. The Morgan fingerprint density at radius 2 is 1.51 bits per heavy atom. The number of urea groups is 1. The molecule has 1 fully saturated rings. The lowest BCUT2D eigenvalue weighted by Gasteiger charge is -2.42. The Balaban J connectivity index is 2.58. The summed E-state index contributed by atoms with van der Waals surface area (Å²) in [6.45, 7) is 12.9. The first-order chi connectivity index (χ1) is 16.1. The highest BCUT2D eigenvalue weighted by atomic mass is 16.6. The second-order valence-corrected chi connectivity index (χ2v) is 10.6. The number of guanidine groups is 1. The molecule has 2 rings (SSSR count). The van der Waals surface area contributed by atoms with Crippen molar-refractivity contribution in [2.45, 2.75) is 72.6 Å². The number of hydrogen-bond acceptors (Lipinski definition) is 5. The quantitative estimate of drug-likeness (QED) is 0.459. The van der Waals surface area contributed by atoms with Gasteiger partial charge in [-0.1, -0.05) is 31.2 Å². The van der Waals surface area contributed by atoms with Crippen LogP contribution in [0.1, 0.15) is 59.6 Å². The average molecular weight is 490 g/mol. The number of ether oxygens (including phenoxy) is 2. The summed E-state index contributed by atoms with van der Waals surface area (Å²) in [6, 6.07) is 7.65. The average Bonchev–Trinajstić information content (AvgIpc) is 2.71. The van der Waals surface area contributed by atoms with Crippen molar-refractivity contribution >= 4 is 24.2 Å². The van der Waals surface area contributed by atoms with Crippen molar-refractivity contribution < 1.29 is 23.9 Å². The predicted molar refractivity (Wildman–Crippen MR) is 134 cm³/mol. The molecule has 0 bridgehead atoms. The Kier molecular flexibility index (Phi) is 8.75. The molecule has 1 aromatic carbocycles. The van der Waals surface area contributed by atoms with Gasteiger partial charge in [-0.15, -0.1) is 4.99 Å². The van der Waals surface area contributed by atoms with E-state index in [0.29, 0.717) is 0 Å². The van der Waals surface area contributed by atoms with Crippen molar-refractivity contribution in [2.24, 2.45) is 4.99 Å². The standard InChI is InChI=1S/C25H39N5O5/c1-10-18-12-11-13-19(14-18)15-30(23(33)35-25(5,6)7)20(26-21(31)34-24(2,3)4)29-16-27(8)22(32)28(9)17-29/h11-14H,10,15-17H2,1-9H3. The van der Waals surface area contributed by atoms with Gasteiger partial charge >= 0.3 is 18.2 Å². The normalized spacial score (nSPS) is 15.3. The molecular weight excluding hydrogens is 450 g/mol. The van der Waals surface area contributed by atoms with Gasteiger partial charge in [0.2, 0.25) is 5.96 Å². The van der Waals surface area contributed by atoms with Gasteiger partial charge in [-0.3, -0.25) is 0 Å². The van der Waals surface area contributed by atoms with Crippen LogP contribution in [0.5, 0.6) is 0 Å². The van der Waals surface area contributed by atoms with E-state index in [4.69, 9.17) is 9.47 Å². The van der Waals surface area contributed by atoms with Gasteiger partial charge in [-0.05, 0) is 59.1 Å². The van der Waals surface area contributed by atoms with Gasteiger partial charge in [0.05, 0.1) is 19.9 Å². The lowest BCUT2D eigenvalue weighted by molar-refractivity contribution is 0.0300. The van der Waals surface area contributed by atoms with Crippen LogP contribution in [0.15, 0.2) is 29.3 Å². The first-order valence-corrected chi connectivity index (χ1v) is 11.7. The Morgan fingerprint density at radius 1 is 0.971 bits per heavy atom. The number of amides is 4. The minimum atomic E-state index is -0.842. The van der Waals surface area contributed by atoms with Crippen molar-refractivity contribution in [3.63, 3.8) is 0 Å². The summed E-state index contributed by atoms with van der Waals surface area (Å²) in [5.74, 6) is 0.0431. The van der Waals surface area contributed by atoms with Crippen molar-refractivity contribution in [3.8, 4) is 0 Å². The van der Waals surface area contributed by atoms with Gasteiger partial charge in [-0.2, -0.15) is 0 Å². The summed E-state index contributed by atoms with van der Waals surface area (Å²) in [7, 11) is 3.28. The molecule has 10 heteroatoms. The third kappa shape index (κ3) is 8.45. The van der Waals surface area contributed by atoms with Crippen LogP contribution in [0.25, 0.3) is 0 Å². The van der Waals surface area contributed by atoms with E-state index in [0.717, 1.165) is 17.5 Å². The topological polar surface area (TPSA) is 95.0 Å². The summed E-state index contributed by atoms with van der Waals surface area (Å²) in [5, 5.41) is 0. The summed E-state index contributed by atoms with van der Waals surface area (Å²) in [4.78, 5) is 48.7. The van der Waals surface area contributed by atoms with E-state index in [1.165, 1.54) is 14.7 Å². The van der Waals surface area contributed by atoms with Gasteiger partial charge in [0.1, 0.15) is 11.2 Å². The monoisotopic (exact) mass is 489 g/mol. The summed E-state index contributed by atoms with van der Waals surface area (Å²) >= 11 is 0. The Morgan fingerprint density at radius 3 is 2.03 bits per heavy atom. The fourth-order valence-electron chi connectivity index (χ4n) is 3.43. The van der Waals surface area contributed by atoms with Crippen LogP contribution in [-0.4, -0.2) is 82.4 Å². The molecule has 194 valence electrons. The molecule has 0 atom stereocenters. The molecule has 0 saturated carbocycles. The van der Waals surface area contributed by atoms with Crippen LogP contribution < -0.4 is 0 Å². The largest absolute Gasteiger partial charge is 0.443 e. The van der Waals surface area contributed by atoms with Gasteiger partial charge in [0, 0.05) is 14.1 Å². The minimum Gasteiger partial charge on any atom is -0.443 e. The molecule has 1 aliphatic rings. The molecule has 1 saturated heterocycles. The summed E-state index contributed by atoms with van der Waals surface area (Å²) < 4.78 is 11.1. The van der Waals surface area contributed by atoms with E-state index >= 15 is 0 Å². The second kappa shape index (κ2) is 11.0. The third-order valence-corrected chi connectivity index (χ3v) is 4.88. The summed E-state index contributed by atoms with van der Waals surface area (Å²) in [6.07, 6.45) is -0.669. The minimum absolute atomic E-state index is 0.0431. The number of rotatable bonds is 3. The van der Waals surface area contributed by atoms with E-state index in [1.807, 2.05) is 24.3 Å². The highest BCUT2D eigenvalue weighted by molar-refractivity contribution is 5.99. The van der Waals surface area contributed by atoms with Crippen LogP contribution >= 0.6 is 0 Å². The lowest BCUT2D eigenvalue weighted by Crippen LogP contribution is -2.60. The SMILES string of the molecule is CCc1cccc(CN(C(=O)OC(C)(C)C)C(=NC(=O)OC(C)(C)C)N2CN(C)C(=O)N(C)C2)c1. The Hall–Kier alpha value is -3.30. The lowest BCUT2D eigenvalue weighted by atomic mass is 10.1. The van der Waals surface area contributed by atoms with Gasteiger partial charge in [0.15, 0.2) is 0 Å². The third-order valence-electron chi connectivity index (χ3n) is 4.88. The maximum Gasteiger partial charge on any atom is 0.437 e. The molecular formula is C25H39N5O5. The zero-order valence-corrected chi connectivity index (χ0v) is 22.4. The van der Waals surface area contributed by atoms with Crippen molar-refractivity contribution in [2.75, 3.05) is 27.4 Å². The maximum absolute atomic E-state index is 13.4. The molecule has 0 spiro atoms. The second-order valence-electron chi connectivity index (χ2n) is 10.6. The number of aryl methyl sites for hydroxylation is 1. The molecule has 0 radical (unpaired) electrons.